The zero-order valence-electron chi connectivity index (χ0n) is 22.2. The zero-order chi connectivity index (χ0) is 28.0. The fourth-order valence-corrected chi connectivity index (χ4v) is 6.41. The average Bonchev–Trinajstić information content (AvgIpc) is 3.43. The lowest BCUT2D eigenvalue weighted by atomic mass is 9.69. The van der Waals surface area contributed by atoms with Gasteiger partial charge in [-0.15, -0.1) is 0 Å². The first-order valence-corrected chi connectivity index (χ1v) is 13.1. The van der Waals surface area contributed by atoms with Gasteiger partial charge >= 0.3 is 0 Å². The molecule has 0 spiro atoms. The van der Waals surface area contributed by atoms with Gasteiger partial charge in [0.15, 0.2) is 0 Å². The summed E-state index contributed by atoms with van der Waals surface area (Å²) in [6, 6.07) is 9.44. The third kappa shape index (κ3) is 4.77. The number of aliphatic hydroxyl groups is 1. The lowest BCUT2D eigenvalue weighted by Gasteiger charge is -2.31. The van der Waals surface area contributed by atoms with E-state index in [9.17, 15) is 29.9 Å². The van der Waals surface area contributed by atoms with E-state index >= 15 is 0 Å². The second-order valence-electron chi connectivity index (χ2n) is 10.8. The first-order chi connectivity index (χ1) is 18.6. The highest BCUT2D eigenvalue weighted by atomic mass is 16.6. The van der Waals surface area contributed by atoms with Gasteiger partial charge in [-0.1, -0.05) is 17.7 Å². The van der Waals surface area contributed by atoms with Crippen molar-refractivity contribution in [2.75, 3.05) is 18.1 Å². The lowest BCUT2D eigenvalue weighted by Crippen LogP contribution is -2.35. The Morgan fingerprint density at radius 1 is 1.15 bits per heavy atom. The molecule has 4 atom stereocenters. The van der Waals surface area contributed by atoms with Crippen LogP contribution in [-0.2, 0) is 14.3 Å². The van der Waals surface area contributed by atoms with Crippen LogP contribution in [0.2, 0.25) is 0 Å². The number of phenolic OH excluding ortho intramolecular Hbond substituents is 1. The van der Waals surface area contributed by atoms with Crippen LogP contribution in [0.25, 0.3) is 6.08 Å². The van der Waals surface area contributed by atoms with E-state index < -0.39 is 22.7 Å². The maximum absolute atomic E-state index is 13.6. The molecule has 1 aliphatic carbocycles. The Bertz CT molecular complexity index is 1400. The molecule has 0 unspecified atom stereocenters. The number of aryl methyl sites for hydroxylation is 2. The molecule has 2 aromatic rings. The van der Waals surface area contributed by atoms with Crippen molar-refractivity contribution in [2.45, 2.75) is 46.1 Å². The molecule has 2 aromatic carbocycles. The van der Waals surface area contributed by atoms with E-state index in [1.165, 1.54) is 24.3 Å². The standard InChI is InChI=1S/C30H32N2O7/c1-16(9-19-10-17(2)28(34)18(3)11-19)7-8-25-26-20(14-33)12-23-27(24(26)15-39-25)30(36)31(29(23)35)21-5-4-6-22(13-21)32(37)38/h4-6,9-11,13,23-25,27,33-34H,7-8,12,14-15H2,1-3H3/b16-9+/t23-,24+,25-,27-/m1/s1. The van der Waals surface area contributed by atoms with E-state index in [0.717, 1.165) is 44.7 Å². The number of aromatic hydroxyl groups is 1. The van der Waals surface area contributed by atoms with Crippen molar-refractivity contribution in [3.05, 3.63) is 79.9 Å². The van der Waals surface area contributed by atoms with E-state index in [1.807, 2.05) is 32.9 Å². The minimum absolute atomic E-state index is 0.191. The molecule has 0 bridgehead atoms. The van der Waals surface area contributed by atoms with Gasteiger partial charge in [0, 0.05) is 18.1 Å². The molecular weight excluding hydrogens is 500 g/mol. The van der Waals surface area contributed by atoms with Gasteiger partial charge in [-0.25, -0.2) is 4.90 Å². The van der Waals surface area contributed by atoms with Crippen LogP contribution >= 0.6 is 0 Å². The molecule has 2 N–H and O–H groups in total. The normalized spacial score (nSPS) is 24.8. The van der Waals surface area contributed by atoms with Gasteiger partial charge in [-0.05, 0) is 86.1 Å². The number of aliphatic hydroxyl groups excluding tert-OH is 1. The van der Waals surface area contributed by atoms with Gasteiger partial charge in [0.05, 0.1) is 41.8 Å². The minimum atomic E-state index is -0.627. The lowest BCUT2D eigenvalue weighted by molar-refractivity contribution is -0.384. The van der Waals surface area contributed by atoms with Crippen molar-refractivity contribution in [3.63, 3.8) is 0 Å². The number of ether oxygens (including phenoxy) is 1. The van der Waals surface area contributed by atoms with Crippen LogP contribution in [0.15, 0.2) is 53.1 Å². The summed E-state index contributed by atoms with van der Waals surface area (Å²) < 4.78 is 6.17. The molecule has 0 radical (unpaired) electrons. The molecule has 2 fully saturated rings. The molecule has 2 saturated heterocycles. The van der Waals surface area contributed by atoms with Crippen LogP contribution in [0.4, 0.5) is 11.4 Å². The smallest absolute Gasteiger partial charge is 0.271 e. The number of phenols is 1. The first kappa shape index (κ1) is 26.8. The van der Waals surface area contributed by atoms with Crippen molar-refractivity contribution in [3.8, 4) is 5.75 Å². The molecule has 2 heterocycles. The van der Waals surface area contributed by atoms with Crippen molar-refractivity contribution >= 4 is 29.3 Å². The molecule has 2 amide bonds. The number of nitro benzene ring substituents is 1. The summed E-state index contributed by atoms with van der Waals surface area (Å²) in [6.07, 6.45) is 3.49. The Morgan fingerprint density at radius 3 is 2.54 bits per heavy atom. The average molecular weight is 533 g/mol. The van der Waals surface area contributed by atoms with Crippen molar-refractivity contribution in [1.29, 1.82) is 0 Å². The number of allylic oxidation sites excluding steroid dienone is 1. The van der Waals surface area contributed by atoms with Crippen LogP contribution in [0.3, 0.4) is 0 Å². The van der Waals surface area contributed by atoms with E-state index in [1.54, 1.807) is 0 Å². The highest BCUT2D eigenvalue weighted by molar-refractivity contribution is 6.22. The SMILES string of the molecule is C/C(=C\c1cc(C)c(O)c(C)c1)CC[C@H]1OC[C@H]2C1=C(CO)C[C@H]1C(=O)N(c3cccc([N+](=O)[O-])c3)C(=O)[C@H]12. The van der Waals surface area contributed by atoms with E-state index in [2.05, 4.69) is 6.08 Å². The van der Waals surface area contributed by atoms with Crippen LogP contribution < -0.4 is 4.90 Å². The molecular formula is C30H32N2O7. The number of nitro groups is 1. The van der Waals surface area contributed by atoms with Gasteiger partial charge in [0.1, 0.15) is 5.75 Å². The quantitative estimate of drug-likeness (QED) is 0.230. The summed E-state index contributed by atoms with van der Waals surface area (Å²) in [5, 5.41) is 31.5. The number of anilines is 1. The van der Waals surface area contributed by atoms with E-state index in [-0.39, 0.29) is 48.9 Å². The molecule has 3 aliphatic rings. The number of amides is 2. The molecule has 9 heteroatoms. The summed E-state index contributed by atoms with van der Waals surface area (Å²) in [5.74, 6) is -2.02. The Labute approximate surface area is 226 Å². The number of hydrogen-bond donors (Lipinski definition) is 2. The van der Waals surface area contributed by atoms with Crippen molar-refractivity contribution in [1.82, 2.24) is 0 Å². The van der Waals surface area contributed by atoms with Gasteiger partial charge in [-0.3, -0.25) is 19.7 Å². The number of fused-ring (bicyclic) bond motifs is 3. The second kappa shape index (κ2) is 10.4. The molecule has 0 saturated carbocycles. The van der Waals surface area contributed by atoms with Crippen LogP contribution in [-0.4, -0.2) is 46.3 Å². The maximum Gasteiger partial charge on any atom is 0.271 e. The van der Waals surface area contributed by atoms with Crippen molar-refractivity contribution < 1.29 is 29.5 Å². The molecule has 39 heavy (non-hydrogen) atoms. The molecule has 5 rings (SSSR count). The number of rotatable bonds is 7. The Morgan fingerprint density at radius 2 is 1.87 bits per heavy atom. The fourth-order valence-electron chi connectivity index (χ4n) is 6.41. The van der Waals surface area contributed by atoms with Gasteiger partial charge in [0.2, 0.25) is 11.8 Å². The molecule has 0 aromatic heterocycles. The minimum Gasteiger partial charge on any atom is -0.507 e. The van der Waals surface area contributed by atoms with Gasteiger partial charge < -0.3 is 14.9 Å². The number of nitrogens with zero attached hydrogens (tertiary/aromatic N) is 2. The summed E-state index contributed by atoms with van der Waals surface area (Å²) in [4.78, 5) is 38.8. The summed E-state index contributed by atoms with van der Waals surface area (Å²) in [7, 11) is 0. The summed E-state index contributed by atoms with van der Waals surface area (Å²) in [6.45, 7) is 5.85. The molecule has 9 nitrogen and oxygen atoms in total. The monoisotopic (exact) mass is 532 g/mol. The summed E-state index contributed by atoms with van der Waals surface area (Å²) in [5.41, 5.74) is 5.45. The fraction of sp³-hybridized carbons (Fsp3) is 0.400. The summed E-state index contributed by atoms with van der Waals surface area (Å²) >= 11 is 0. The maximum atomic E-state index is 13.6. The largest absolute Gasteiger partial charge is 0.507 e. The van der Waals surface area contributed by atoms with Crippen LogP contribution in [0, 0.1) is 41.7 Å². The number of imide groups is 1. The van der Waals surface area contributed by atoms with Crippen molar-refractivity contribution in [2.24, 2.45) is 17.8 Å². The van der Waals surface area contributed by atoms with E-state index in [4.69, 9.17) is 4.74 Å². The van der Waals surface area contributed by atoms with E-state index in [0.29, 0.717) is 12.2 Å². The second-order valence-corrected chi connectivity index (χ2v) is 10.8. The highest BCUT2D eigenvalue weighted by Gasteiger charge is 2.57. The number of carbonyl (C=O) groups excluding carboxylic acids is 2. The third-order valence-electron chi connectivity index (χ3n) is 8.22. The third-order valence-corrected chi connectivity index (χ3v) is 8.22. The first-order valence-electron chi connectivity index (χ1n) is 13.1. The predicted molar refractivity (Wildman–Crippen MR) is 145 cm³/mol. The van der Waals surface area contributed by atoms with Crippen LogP contribution in [0.5, 0.6) is 5.75 Å². The zero-order valence-corrected chi connectivity index (χ0v) is 22.2. The topological polar surface area (TPSA) is 130 Å². The number of carbonyl (C=O) groups is 2. The number of benzene rings is 2. The predicted octanol–water partition coefficient (Wildman–Crippen LogP) is 4.61. The van der Waals surface area contributed by atoms with Gasteiger partial charge in [0.25, 0.3) is 5.69 Å². The molecule has 204 valence electrons. The number of non-ortho nitro benzene ring substituents is 1. The Hall–Kier alpha value is -3.82. The Kier molecular flexibility index (Phi) is 7.13. The van der Waals surface area contributed by atoms with Crippen LogP contribution in [0.1, 0.15) is 42.9 Å². The van der Waals surface area contributed by atoms with Gasteiger partial charge in [-0.2, -0.15) is 0 Å². The number of hydrogen-bond acceptors (Lipinski definition) is 7. The highest BCUT2D eigenvalue weighted by Crippen LogP contribution is 2.50. The Balaban J connectivity index is 1.36. The molecule has 2 aliphatic heterocycles.